The number of rotatable bonds is 7. The lowest BCUT2D eigenvalue weighted by molar-refractivity contribution is -0.116. The van der Waals surface area contributed by atoms with Gasteiger partial charge in [0, 0.05) is 24.0 Å². The fourth-order valence-corrected chi connectivity index (χ4v) is 2.22. The number of ether oxygens (including phenoxy) is 1. The average molecular weight is 341 g/mol. The smallest absolute Gasteiger partial charge is 0.246 e. The van der Waals surface area contributed by atoms with Gasteiger partial charge in [-0.25, -0.2) is 0 Å². The molecule has 0 aromatic heterocycles. The molecule has 2 rings (SSSR count). The van der Waals surface area contributed by atoms with Crippen molar-refractivity contribution in [1.29, 1.82) is 0 Å². The van der Waals surface area contributed by atoms with Gasteiger partial charge in [0.15, 0.2) is 0 Å². The summed E-state index contributed by atoms with van der Waals surface area (Å²) in [4.78, 5) is 23.3. The van der Waals surface area contributed by atoms with Gasteiger partial charge in [-0.15, -0.1) is 0 Å². The van der Waals surface area contributed by atoms with E-state index in [0.29, 0.717) is 18.0 Å². The molecule has 25 heavy (non-hydrogen) atoms. The van der Waals surface area contributed by atoms with Gasteiger partial charge in [0.1, 0.15) is 11.8 Å². The Kier molecular flexibility index (Phi) is 6.39. The van der Waals surface area contributed by atoms with Crippen molar-refractivity contribution in [3.8, 4) is 5.75 Å². The third kappa shape index (κ3) is 5.84. The number of carbonyl (C=O) groups excluding carboxylic acids is 2. The summed E-state index contributed by atoms with van der Waals surface area (Å²) in [6.07, 6.45) is 0. The topological polar surface area (TPSA) is 79.5 Å². The monoisotopic (exact) mass is 341 g/mol. The molecule has 1 unspecified atom stereocenters. The molecule has 0 aliphatic carbocycles. The predicted octanol–water partition coefficient (Wildman–Crippen LogP) is 3.48. The Labute approximate surface area is 147 Å². The number of anilines is 3. The summed E-state index contributed by atoms with van der Waals surface area (Å²) >= 11 is 0. The summed E-state index contributed by atoms with van der Waals surface area (Å²) in [6.45, 7) is 5.77. The van der Waals surface area contributed by atoms with Crippen LogP contribution in [0.4, 0.5) is 17.1 Å². The molecular formula is C19H23N3O3. The van der Waals surface area contributed by atoms with Crippen molar-refractivity contribution in [3.05, 3.63) is 48.5 Å². The highest BCUT2D eigenvalue weighted by Gasteiger charge is 2.13. The van der Waals surface area contributed by atoms with Crippen molar-refractivity contribution in [3.63, 3.8) is 0 Å². The lowest BCUT2D eigenvalue weighted by Crippen LogP contribution is -2.31. The van der Waals surface area contributed by atoms with Gasteiger partial charge in [-0.2, -0.15) is 0 Å². The van der Waals surface area contributed by atoms with Gasteiger partial charge >= 0.3 is 0 Å². The zero-order valence-electron chi connectivity index (χ0n) is 14.6. The molecule has 0 saturated carbocycles. The molecule has 2 amide bonds. The van der Waals surface area contributed by atoms with E-state index in [1.165, 1.54) is 6.92 Å². The van der Waals surface area contributed by atoms with Crippen LogP contribution in [0.25, 0.3) is 0 Å². The molecule has 0 bridgehead atoms. The van der Waals surface area contributed by atoms with Crippen molar-refractivity contribution in [2.75, 3.05) is 22.6 Å². The number of hydrogen-bond acceptors (Lipinski definition) is 4. The second-order valence-electron chi connectivity index (χ2n) is 5.57. The molecule has 3 N–H and O–H groups in total. The first-order chi connectivity index (χ1) is 12.0. The molecule has 6 heteroatoms. The van der Waals surface area contributed by atoms with Crippen LogP contribution in [-0.2, 0) is 9.59 Å². The van der Waals surface area contributed by atoms with E-state index in [2.05, 4.69) is 16.0 Å². The molecule has 1 atom stereocenters. The molecular weight excluding hydrogens is 318 g/mol. The van der Waals surface area contributed by atoms with E-state index in [4.69, 9.17) is 4.74 Å². The molecule has 6 nitrogen and oxygen atoms in total. The molecule has 0 radical (unpaired) electrons. The number of hydrogen-bond donors (Lipinski definition) is 3. The molecule has 2 aromatic rings. The van der Waals surface area contributed by atoms with Gasteiger partial charge in [0.2, 0.25) is 11.8 Å². The zero-order valence-corrected chi connectivity index (χ0v) is 14.6. The first-order valence-electron chi connectivity index (χ1n) is 8.16. The molecule has 2 aromatic carbocycles. The van der Waals surface area contributed by atoms with E-state index in [1.807, 2.05) is 31.2 Å². The van der Waals surface area contributed by atoms with Crippen LogP contribution in [0, 0.1) is 0 Å². The quantitative estimate of drug-likeness (QED) is 0.720. The summed E-state index contributed by atoms with van der Waals surface area (Å²) in [7, 11) is 0. The maximum Gasteiger partial charge on any atom is 0.246 e. The van der Waals surface area contributed by atoms with Crippen molar-refractivity contribution in [2.24, 2.45) is 0 Å². The second kappa shape index (κ2) is 8.73. The minimum atomic E-state index is -0.418. The van der Waals surface area contributed by atoms with Crippen LogP contribution in [-0.4, -0.2) is 24.5 Å². The maximum atomic E-state index is 12.3. The van der Waals surface area contributed by atoms with E-state index in [1.54, 1.807) is 31.2 Å². The molecule has 0 fully saturated rings. The summed E-state index contributed by atoms with van der Waals surface area (Å²) in [5.74, 6) is 0.504. The van der Waals surface area contributed by atoms with Gasteiger partial charge in [-0.05, 0) is 62.4 Å². The lowest BCUT2D eigenvalue weighted by atomic mass is 10.2. The van der Waals surface area contributed by atoms with Crippen LogP contribution in [0.15, 0.2) is 48.5 Å². The van der Waals surface area contributed by atoms with E-state index >= 15 is 0 Å². The Morgan fingerprint density at radius 3 is 2.00 bits per heavy atom. The van der Waals surface area contributed by atoms with Gasteiger partial charge in [0.25, 0.3) is 0 Å². The Balaban J connectivity index is 1.90. The summed E-state index contributed by atoms with van der Waals surface area (Å²) < 4.78 is 5.37. The van der Waals surface area contributed by atoms with Crippen molar-refractivity contribution in [1.82, 2.24) is 0 Å². The van der Waals surface area contributed by atoms with Crippen LogP contribution in [0.3, 0.4) is 0 Å². The number of benzene rings is 2. The highest BCUT2D eigenvalue weighted by Crippen LogP contribution is 2.17. The minimum absolute atomic E-state index is 0.121. The molecule has 132 valence electrons. The van der Waals surface area contributed by atoms with Crippen LogP contribution in [0.2, 0.25) is 0 Å². The van der Waals surface area contributed by atoms with Gasteiger partial charge < -0.3 is 20.7 Å². The fraction of sp³-hybridized carbons (Fsp3) is 0.263. The van der Waals surface area contributed by atoms with E-state index in [0.717, 1.165) is 11.4 Å². The van der Waals surface area contributed by atoms with Crippen LogP contribution < -0.4 is 20.7 Å². The van der Waals surface area contributed by atoms with Crippen LogP contribution in [0.1, 0.15) is 20.8 Å². The third-order valence-electron chi connectivity index (χ3n) is 3.41. The van der Waals surface area contributed by atoms with Crippen LogP contribution >= 0.6 is 0 Å². The van der Waals surface area contributed by atoms with E-state index in [9.17, 15) is 9.59 Å². The van der Waals surface area contributed by atoms with Crippen molar-refractivity contribution >= 4 is 28.9 Å². The highest BCUT2D eigenvalue weighted by atomic mass is 16.5. The molecule has 0 saturated heterocycles. The Morgan fingerprint density at radius 2 is 1.44 bits per heavy atom. The summed E-state index contributed by atoms with van der Waals surface area (Å²) in [5.41, 5.74) is 2.22. The molecule has 0 aliphatic heterocycles. The predicted molar refractivity (Wildman–Crippen MR) is 100 cm³/mol. The standard InChI is InChI=1S/C19H23N3O3/c1-4-25-18-11-9-17(10-12-18)22-19(24)13(2)20-15-5-7-16(8-6-15)21-14(3)23/h5-13,20H,4H2,1-3H3,(H,21,23)(H,22,24). The SMILES string of the molecule is CCOc1ccc(NC(=O)C(C)Nc2ccc(NC(C)=O)cc2)cc1. The van der Waals surface area contributed by atoms with Gasteiger partial charge in [-0.3, -0.25) is 9.59 Å². The normalized spacial score (nSPS) is 11.3. The first-order valence-corrected chi connectivity index (χ1v) is 8.16. The summed E-state index contributed by atoms with van der Waals surface area (Å²) in [5, 5.41) is 8.68. The van der Waals surface area contributed by atoms with Gasteiger partial charge in [-0.1, -0.05) is 0 Å². The minimum Gasteiger partial charge on any atom is -0.494 e. The number of amides is 2. The van der Waals surface area contributed by atoms with E-state index in [-0.39, 0.29) is 11.8 Å². The number of nitrogens with one attached hydrogen (secondary N) is 3. The van der Waals surface area contributed by atoms with Crippen molar-refractivity contribution in [2.45, 2.75) is 26.8 Å². The van der Waals surface area contributed by atoms with Crippen molar-refractivity contribution < 1.29 is 14.3 Å². The first kappa shape index (κ1) is 18.3. The van der Waals surface area contributed by atoms with E-state index < -0.39 is 6.04 Å². The maximum absolute atomic E-state index is 12.3. The Hall–Kier alpha value is -3.02. The average Bonchev–Trinajstić information content (AvgIpc) is 2.58. The summed E-state index contributed by atoms with van der Waals surface area (Å²) in [6, 6.07) is 14.0. The zero-order chi connectivity index (χ0) is 18.2. The van der Waals surface area contributed by atoms with Crippen LogP contribution in [0.5, 0.6) is 5.75 Å². The molecule has 0 spiro atoms. The fourth-order valence-electron chi connectivity index (χ4n) is 2.22. The third-order valence-corrected chi connectivity index (χ3v) is 3.41. The number of carbonyl (C=O) groups is 2. The Bertz CT molecular complexity index is 712. The van der Waals surface area contributed by atoms with Gasteiger partial charge in [0.05, 0.1) is 6.61 Å². The lowest BCUT2D eigenvalue weighted by Gasteiger charge is -2.16. The second-order valence-corrected chi connectivity index (χ2v) is 5.57. The molecule has 0 aliphatic rings. The Morgan fingerprint density at radius 1 is 0.920 bits per heavy atom. The molecule has 0 heterocycles. The largest absolute Gasteiger partial charge is 0.494 e. The highest BCUT2D eigenvalue weighted by molar-refractivity contribution is 5.96.